The molecule has 5 aliphatic rings. The summed E-state index contributed by atoms with van der Waals surface area (Å²) in [5.41, 5.74) is 1.64. The highest BCUT2D eigenvalue weighted by molar-refractivity contribution is 7.17. The third kappa shape index (κ3) is 3.06. The van der Waals surface area contributed by atoms with Gasteiger partial charge in [-0.2, -0.15) is 0 Å². The van der Waals surface area contributed by atoms with Gasteiger partial charge in [0, 0.05) is 10.4 Å². The van der Waals surface area contributed by atoms with Crippen molar-refractivity contribution in [1.29, 1.82) is 0 Å². The molecule has 4 bridgehead atoms. The first-order valence-electron chi connectivity index (χ1n) is 10.4. The van der Waals surface area contributed by atoms with Crippen LogP contribution in [0.15, 0.2) is 0 Å². The largest absolute Gasteiger partial charge is 0.465 e. The Kier molecular flexibility index (Phi) is 4.22. The molecule has 4 saturated carbocycles. The van der Waals surface area contributed by atoms with Crippen LogP contribution in [-0.2, 0) is 17.6 Å². The Hall–Kier alpha value is -1.56. The number of carbonyl (C=O) groups is 2. The van der Waals surface area contributed by atoms with Crippen LogP contribution in [0.4, 0.5) is 9.80 Å². The maximum atomic E-state index is 12.9. The maximum absolute atomic E-state index is 12.9. The topological polar surface area (TPSA) is 67.4 Å². The zero-order valence-corrected chi connectivity index (χ0v) is 16.8. The van der Waals surface area contributed by atoms with E-state index in [-0.39, 0.29) is 17.5 Å². The molecule has 0 radical (unpaired) electrons. The third-order valence-corrected chi connectivity index (χ3v) is 8.41. The van der Waals surface area contributed by atoms with Crippen LogP contribution in [0.5, 0.6) is 0 Å². The van der Waals surface area contributed by atoms with E-state index in [2.05, 4.69) is 10.6 Å². The van der Waals surface area contributed by atoms with Crippen LogP contribution in [0, 0.1) is 17.8 Å². The number of hydrogen-bond acceptors (Lipinski definition) is 4. The van der Waals surface area contributed by atoms with Crippen LogP contribution < -0.4 is 10.6 Å². The Morgan fingerprint density at radius 2 is 1.67 bits per heavy atom. The second-order valence-electron chi connectivity index (χ2n) is 9.18. The molecule has 4 fully saturated rings. The number of hydrogen-bond donors (Lipinski definition) is 2. The molecule has 27 heavy (non-hydrogen) atoms. The van der Waals surface area contributed by atoms with E-state index in [9.17, 15) is 9.59 Å². The van der Waals surface area contributed by atoms with E-state index in [1.54, 1.807) is 11.3 Å². The summed E-state index contributed by atoms with van der Waals surface area (Å²) < 4.78 is 5.01. The van der Waals surface area contributed by atoms with Gasteiger partial charge in [0.1, 0.15) is 5.00 Å². The number of nitrogens with one attached hydrogen (secondary N) is 2. The average molecular weight is 389 g/mol. The quantitative estimate of drug-likeness (QED) is 0.749. The summed E-state index contributed by atoms with van der Waals surface area (Å²) in [5, 5.41) is 7.03. The highest BCUT2D eigenvalue weighted by Crippen LogP contribution is 2.55. The first kappa shape index (κ1) is 17.5. The maximum Gasteiger partial charge on any atom is 0.341 e. The van der Waals surface area contributed by atoms with E-state index < -0.39 is 0 Å². The van der Waals surface area contributed by atoms with Gasteiger partial charge in [-0.05, 0) is 87.5 Å². The molecule has 5 aliphatic carbocycles. The normalized spacial score (nSPS) is 33.4. The number of rotatable bonds is 3. The standard InChI is InChI=1S/C21H28N2O3S/c1-26-19(24)17-15-4-2-3-5-16(15)27-18(17)22-20(25)23-21-9-12-6-13(10-21)8-14(7-12)11-21/h12-14H,2-11H2,1H3,(H2,22,23,25). The third-order valence-electron chi connectivity index (χ3n) is 7.20. The van der Waals surface area contributed by atoms with Crippen LogP contribution in [0.2, 0.25) is 0 Å². The fourth-order valence-electron chi connectivity index (χ4n) is 6.61. The predicted molar refractivity (Wildman–Crippen MR) is 105 cm³/mol. The summed E-state index contributed by atoms with van der Waals surface area (Å²) in [5.74, 6) is 2.03. The number of urea groups is 1. The van der Waals surface area contributed by atoms with Gasteiger partial charge < -0.3 is 10.1 Å². The number of amides is 2. The van der Waals surface area contributed by atoms with Crippen molar-refractivity contribution < 1.29 is 14.3 Å². The van der Waals surface area contributed by atoms with Crippen LogP contribution >= 0.6 is 11.3 Å². The van der Waals surface area contributed by atoms with Gasteiger partial charge in [-0.1, -0.05) is 0 Å². The Labute approximate surface area is 164 Å². The van der Waals surface area contributed by atoms with Crippen LogP contribution in [0.1, 0.15) is 72.2 Å². The minimum atomic E-state index is -0.334. The first-order chi connectivity index (χ1) is 13.0. The molecule has 0 unspecified atom stereocenters. The lowest BCUT2D eigenvalue weighted by Crippen LogP contribution is -2.60. The van der Waals surface area contributed by atoms with Gasteiger partial charge in [0.15, 0.2) is 0 Å². The van der Waals surface area contributed by atoms with E-state index >= 15 is 0 Å². The Morgan fingerprint density at radius 3 is 2.30 bits per heavy atom. The van der Waals surface area contributed by atoms with Gasteiger partial charge >= 0.3 is 12.0 Å². The Bertz CT molecular complexity index is 749. The molecule has 0 aromatic carbocycles. The monoisotopic (exact) mass is 388 g/mol. The summed E-state index contributed by atoms with van der Waals surface area (Å²) in [6, 6.07) is -0.152. The molecule has 0 atom stereocenters. The number of thiophene rings is 1. The summed E-state index contributed by atoms with van der Waals surface area (Å²) >= 11 is 1.55. The van der Waals surface area contributed by atoms with Crippen molar-refractivity contribution in [3.8, 4) is 0 Å². The lowest BCUT2D eigenvalue weighted by molar-refractivity contribution is -0.0127. The van der Waals surface area contributed by atoms with Gasteiger partial charge in [-0.25, -0.2) is 9.59 Å². The number of carbonyl (C=O) groups excluding carboxylic acids is 2. The molecule has 5 nitrogen and oxygen atoms in total. The highest BCUT2D eigenvalue weighted by Gasteiger charge is 2.51. The van der Waals surface area contributed by atoms with E-state index in [4.69, 9.17) is 4.74 Å². The van der Waals surface area contributed by atoms with Gasteiger partial charge in [0.25, 0.3) is 0 Å². The van der Waals surface area contributed by atoms with Crippen molar-refractivity contribution in [1.82, 2.24) is 5.32 Å². The summed E-state index contributed by atoms with van der Waals surface area (Å²) in [7, 11) is 1.41. The Morgan fingerprint density at radius 1 is 1.04 bits per heavy atom. The average Bonchev–Trinajstić information content (AvgIpc) is 2.96. The minimum absolute atomic E-state index is 0.0266. The van der Waals surface area contributed by atoms with Crippen molar-refractivity contribution in [2.45, 2.75) is 69.7 Å². The summed E-state index contributed by atoms with van der Waals surface area (Å²) in [6.45, 7) is 0. The second kappa shape index (κ2) is 6.50. The number of fused-ring (bicyclic) bond motifs is 1. The van der Waals surface area contributed by atoms with Gasteiger partial charge in [-0.15, -0.1) is 11.3 Å². The molecule has 2 N–H and O–H groups in total. The number of aryl methyl sites for hydroxylation is 1. The van der Waals surface area contributed by atoms with Crippen LogP contribution in [0.25, 0.3) is 0 Å². The first-order valence-corrected chi connectivity index (χ1v) is 11.2. The van der Waals surface area contributed by atoms with Crippen molar-refractivity contribution in [2.24, 2.45) is 17.8 Å². The molecular formula is C21H28N2O3S. The zero-order valence-electron chi connectivity index (χ0n) is 15.9. The molecule has 6 rings (SSSR count). The Balaban J connectivity index is 1.35. The molecule has 2 amide bonds. The molecule has 1 aromatic rings. The lowest BCUT2D eigenvalue weighted by Gasteiger charge is -2.56. The molecule has 6 heteroatoms. The van der Waals surface area contributed by atoms with Crippen LogP contribution in [-0.4, -0.2) is 24.6 Å². The molecule has 0 aliphatic heterocycles. The number of ether oxygens (including phenoxy) is 1. The molecule has 0 spiro atoms. The van der Waals surface area contributed by atoms with Crippen LogP contribution in [0.3, 0.4) is 0 Å². The number of anilines is 1. The summed E-state index contributed by atoms with van der Waals surface area (Å²) in [6.07, 6.45) is 11.5. The lowest BCUT2D eigenvalue weighted by atomic mass is 9.53. The van der Waals surface area contributed by atoms with Gasteiger partial charge in [0.05, 0.1) is 12.7 Å². The molecular weight excluding hydrogens is 360 g/mol. The predicted octanol–water partition coefficient (Wildman–Crippen LogP) is 4.50. The SMILES string of the molecule is COC(=O)c1c(NC(=O)NC23CC4CC(CC(C4)C2)C3)sc2c1CCCC2. The van der Waals surface area contributed by atoms with E-state index in [1.807, 2.05) is 0 Å². The molecule has 1 aromatic heterocycles. The minimum Gasteiger partial charge on any atom is -0.465 e. The van der Waals surface area contributed by atoms with Crippen molar-refractivity contribution in [3.63, 3.8) is 0 Å². The number of methoxy groups -OCH3 is 1. The number of esters is 1. The van der Waals surface area contributed by atoms with Gasteiger partial charge in [-0.3, -0.25) is 5.32 Å². The van der Waals surface area contributed by atoms with Gasteiger partial charge in [0.2, 0.25) is 0 Å². The molecule has 1 heterocycles. The van der Waals surface area contributed by atoms with E-state index in [1.165, 1.54) is 31.2 Å². The van der Waals surface area contributed by atoms with Crippen molar-refractivity contribution in [2.75, 3.05) is 12.4 Å². The highest BCUT2D eigenvalue weighted by atomic mass is 32.1. The fraction of sp³-hybridized carbons (Fsp3) is 0.714. The smallest absolute Gasteiger partial charge is 0.341 e. The summed E-state index contributed by atoms with van der Waals surface area (Å²) in [4.78, 5) is 26.5. The van der Waals surface area contributed by atoms with E-state index in [0.717, 1.165) is 68.3 Å². The second-order valence-corrected chi connectivity index (χ2v) is 10.3. The molecule has 0 saturated heterocycles. The fourth-order valence-corrected chi connectivity index (χ4v) is 7.88. The van der Waals surface area contributed by atoms with E-state index in [0.29, 0.717) is 10.6 Å². The molecule has 146 valence electrons. The van der Waals surface area contributed by atoms with Crippen molar-refractivity contribution >= 4 is 28.3 Å². The van der Waals surface area contributed by atoms with Crippen molar-refractivity contribution in [3.05, 3.63) is 16.0 Å². The zero-order chi connectivity index (χ0) is 18.6.